The summed E-state index contributed by atoms with van der Waals surface area (Å²) in [6, 6.07) is 15.3. The summed E-state index contributed by atoms with van der Waals surface area (Å²) in [5.74, 6) is 1.07. The first-order chi connectivity index (χ1) is 16.6. The van der Waals surface area contributed by atoms with Crippen LogP contribution in [-0.4, -0.2) is 59.1 Å². The average molecular weight is 483 g/mol. The number of imidazole rings is 1. The van der Waals surface area contributed by atoms with Crippen molar-refractivity contribution in [1.29, 1.82) is 0 Å². The van der Waals surface area contributed by atoms with Crippen LogP contribution in [0.5, 0.6) is 0 Å². The molecule has 1 N–H and O–H groups in total. The van der Waals surface area contributed by atoms with E-state index in [1.165, 1.54) is 0 Å². The maximum absolute atomic E-state index is 12.9. The molecule has 0 atom stereocenters. The van der Waals surface area contributed by atoms with Crippen LogP contribution in [0.2, 0.25) is 5.02 Å². The first kappa shape index (κ1) is 24.2. The molecule has 1 saturated heterocycles. The lowest BCUT2D eigenvalue weighted by Gasteiger charge is -2.27. The predicted octanol–water partition coefficient (Wildman–Crippen LogP) is 3.62. The second-order valence-corrected chi connectivity index (χ2v) is 9.00. The third kappa shape index (κ3) is 6.58. The number of nitrogens with one attached hydrogen (secondary N) is 1. The zero-order valence-corrected chi connectivity index (χ0v) is 20.1. The highest BCUT2D eigenvalue weighted by atomic mass is 35.5. The zero-order chi connectivity index (χ0) is 23.8. The van der Waals surface area contributed by atoms with E-state index in [1.807, 2.05) is 41.3 Å². The van der Waals surface area contributed by atoms with Gasteiger partial charge in [-0.1, -0.05) is 42.3 Å². The lowest BCUT2D eigenvalue weighted by Crippen LogP contribution is -2.42. The van der Waals surface area contributed by atoms with Crippen LogP contribution in [0.3, 0.4) is 0 Å². The highest BCUT2D eigenvalue weighted by molar-refractivity contribution is 6.30. The largest absolute Gasteiger partial charge is 0.378 e. The number of hydrogen-bond donors (Lipinski definition) is 1. The summed E-state index contributed by atoms with van der Waals surface area (Å²) in [6.07, 6.45) is 3.98. The fourth-order valence-electron chi connectivity index (χ4n) is 4.20. The molecule has 0 spiro atoms. The molecule has 34 heavy (non-hydrogen) atoms. The quantitative estimate of drug-likeness (QED) is 0.448. The Morgan fingerprint density at radius 2 is 1.76 bits per heavy atom. The van der Waals surface area contributed by atoms with Gasteiger partial charge in [0.1, 0.15) is 12.4 Å². The van der Waals surface area contributed by atoms with Crippen molar-refractivity contribution in [2.45, 2.75) is 38.6 Å². The molecule has 8 heteroatoms. The van der Waals surface area contributed by atoms with Crippen LogP contribution >= 0.6 is 11.6 Å². The predicted molar refractivity (Wildman–Crippen MR) is 133 cm³/mol. The number of rotatable bonds is 10. The first-order valence-electron chi connectivity index (χ1n) is 11.9. The molecular formula is C26H31ClN4O3. The van der Waals surface area contributed by atoms with E-state index in [1.54, 1.807) is 12.1 Å². The Bertz CT molecular complexity index is 1110. The fraction of sp³-hybridized carbons (Fsp3) is 0.423. The Balaban J connectivity index is 1.25. The molecule has 7 nitrogen and oxygen atoms in total. The molecule has 0 saturated carbocycles. The number of nitrogens with zero attached hydrogens (tertiary/aromatic N) is 3. The van der Waals surface area contributed by atoms with E-state index in [2.05, 4.69) is 9.88 Å². The van der Waals surface area contributed by atoms with Crippen LogP contribution in [0.25, 0.3) is 11.0 Å². The number of benzene rings is 2. The second kappa shape index (κ2) is 12.0. The molecule has 1 aliphatic heterocycles. The molecule has 1 aliphatic rings. The third-order valence-electron chi connectivity index (χ3n) is 6.07. The summed E-state index contributed by atoms with van der Waals surface area (Å²) in [4.78, 5) is 31.7. The van der Waals surface area contributed by atoms with Gasteiger partial charge in [-0.2, -0.15) is 0 Å². The highest BCUT2D eigenvalue weighted by Crippen LogP contribution is 2.18. The molecule has 0 aliphatic carbocycles. The van der Waals surface area contributed by atoms with Crippen molar-refractivity contribution in [3.63, 3.8) is 0 Å². The number of amides is 2. The summed E-state index contributed by atoms with van der Waals surface area (Å²) in [6.45, 7) is 3.43. The molecular weight excluding hydrogens is 452 g/mol. The lowest BCUT2D eigenvalue weighted by molar-refractivity contribution is -0.135. The number of para-hydroxylation sites is 2. The number of aromatic nitrogens is 2. The topological polar surface area (TPSA) is 76.5 Å². The molecule has 180 valence electrons. The molecule has 3 aromatic rings. The number of hydrogen-bond acceptors (Lipinski definition) is 4. The normalized spacial score (nSPS) is 13.9. The molecule has 0 unspecified atom stereocenters. The van der Waals surface area contributed by atoms with Crippen LogP contribution in [0.4, 0.5) is 0 Å². The second-order valence-electron chi connectivity index (χ2n) is 8.56. The molecule has 1 aromatic heterocycles. The first-order valence-corrected chi connectivity index (χ1v) is 12.3. The van der Waals surface area contributed by atoms with Crippen molar-refractivity contribution in [3.8, 4) is 0 Å². The van der Waals surface area contributed by atoms with Gasteiger partial charge in [0, 0.05) is 31.1 Å². The van der Waals surface area contributed by atoms with Gasteiger partial charge in [-0.05, 0) is 42.7 Å². The number of unbranched alkanes of at least 4 members (excludes halogenated alkanes) is 2. The number of aryl methyl sites for hydroxylation is 1. The molecule has 0 radical (unpaired) electrons. The molecule has 1 fully saturated rings. The molecule has 2 amide bonds. The van der Waals surface area contributed by atoms with Gasteiger partial charge in [0.25, 0.3) is 0 Å². The van der Waals surface area contributed by atoms with Gasteiger partial charge in [-0.15, -0.1) is 0 Å². The van der Waals surface area contributed by atoms with Crippen molar-refractivity contribution in [2.75, 3.05) is 32.8 Å². The maximum atomic E-state index is 12.9. The summed E-state index contributed by atoms with van der Waals surface area (Å²) < 4.78 is 7.43. The van der Waals surface area contributed by atoms with Crippen LogP contribution in [0.15, 0.2) is 48.5 Å². The third-order valence-corrected chi connectivity index (χ3v) is 6.32. The van der Waals surface area contributed by atoms with E-state index in [9.17, 15) is 9.59 Å². The van der Waals surface area contributed by atoms with Gasteiger partial charge in [-0.3, -0.25) is 9.59 Å². The minimum atomic E-state index is 0.0192. The highest BCUT2D eigenvalue weighted by Gasteiger charge is 2.20. The standard InChI is InChI=1S/C26H31ClN4O3/c27-21-11-9-20(10-12-21)18-25(32)28-13-5-1-2-8-24-29-22-6-3-4-7-23(22)31(24)19-26(33)30-14-16-34-17-15-30/h3-4,6-7,9-12H,1-2,5,8,13-19H2,(H,28,32). The molecule has 0 bridgehead atoms. The van der Waals surface area contributed by atoms with Gasteiger partial charge in [0.2, 0.25) is 11.8 Å². The Kier molecular flexibility index (Phi) is 8.55. The Hall–Kier alpha value is -2.90. The monoisotopic (exact) mass is 482 g/mol. The maximum Gasteiger partial charge on any atom is 0.242 e. The van der Waals surface area contributed by atoms with E-state index in [0.29, 0.717) is 50.8 Å². The Labute approximate surface area is 205 Å². The Morgan fingerprint density at radius 1 is 1.00 bits per heavy atom. The summed E-state index contributed by atoms with van der Waals surface area (Å²) in [5, 5.41) is 3.66. The van der Waals surface area contributed by atoms with Crippen molar-refractivity contribution in [2.24, 2.45) is 0 Å². The fourth-order valence-corrected chi connectivity index (χ4v) is 4.33. The molecule has 2 aromatic carbocycles. The van der Waals surface area contributed by atoms with Crippen LogP contribution in [0.1, 0.15) is 30.7 Å². The summed E-state index contributed by atoms with van der Waals surface area (Å²) in [7, 11) is 0. The molecule has 2 heterocycles. The SMILES string of the molecule is O=C(Cc1ccc(Cl)cc1)NCCCCCc1nc2ccccc2n1CC(=O)N1CCOCC1. The van der Waals surface area contributed by atoms with E-state index in [-0.39, 0.29) is 11.8 Å². The number of morpholine rings is 1. The van der Waals surface area contributed by atoms with E-state index in [4.69, 9.17) is 21.3 Å². The van der Waals surface area contributed by atoms with Gasteiger partial charge in [-0.25, -0.2) is 4.98 Å². The van der Waals surface area contributed by atoms with Crippen LogP contribution < -0.4 is 5.32 Å². The van der Waals surface area contributed by atoms with Gasteiger partial charge < -0.3 is 19.5 Å². The van der Waals surface area contributed by atoms with E-state index < -0.39 is 0 Å². The van der Waals surface area contributed by atoms with Gasteiger partial charge in [0.05, 0.1) is 30.7 Å². The number of ether oxygens (including phenoxy) is 1. The number of halogens is 1. The number of fused-ring (bicyclic) bond motifs is 1. The summed E-state index contributed by atoms with van der Waals surface area (Å²) in [5.41, 5.74) is 2.86. The van der Waals surface area contributed by atoms with Crippen molar-refractivity contribution < 1.29 is 14.3 Å². The van der Waals surface area contributed by atoms with Gasteiger partial charge >= 0.3 is 0 Å². The summed E-state index contributed by atoms with van der Waals surface area (Å²) >= 11 is 5.89. The van der Waals surface area contributed by atoms with Crippen molar-refractivity contribution in [3.05, 3.63) is 64.9 Å². The van der Waals surface area contributed by atoms with Crippen LogP contribution in [0, 0.1) is 0 Å². The Morgan fingerprint density at radius 3 is 2.56 bits per heavy atom. The lowest BCUT2D eigenvalue weighted by atomic mass is 10.1. The minimum Gasteiger partial charge on any atom is -0.378 e. The molecule has 4 rings (SSSR count). The van der Waals surface area contributed by atoms with E-state index >= 15 is 0 Å². The van der Waals surface area contributed by atoms with Gasteiger partial charge in [0.15, 0.2) is 0 Å². The smallest absolute Gasteiger partial charge is 0.242 e. The zero-order valence-electron chi connectivity index (χ0n) is 19.3. The van der Waals surface area contributed by atoms with E-state index in [0.717, 1.165) is 48.1 Å². The minimum absolute atomic E-state index is 0.0192. The number of carbonyl (C=O) groups is 2. The van der Waals surface area contributed by atoms with Crippen molar-refractivity contribution >= 4 is 34.4 Å². The van der Waals surface area contributed by atoms with Crippen molar-refractivity contribution in [1.82, 2.24) is 19.8 Å². The average Bonchev–Trinajstić information content (AvgIpc) is 3.20. The van der Waals surface area contributed by atoms with Crippen LogP contribution in [-0.2, 0) is 33.7 Å². The number of carbonyl (C=O) groups excluding carboxylic acids is 2.